The maximum absolute atomic E-state index is 12.8. The first-order valence-electron chi connectivity index (χ1n) is 9.67. The van der Waals surface area contributed by atoms with Gasteiger partial charge in [-0.1, -0.05) is 18.2 Å². The molecule has 1 fully saturated rings. The number of carbonyl (C=O) groups is 3. The van der Waals surface area contributed by atoms with Gasteiger partial charge in [0.2, 0.25) is 11.8 Å². The van der Waals surface area contributed by atoms with Gasteiger partial charge in [0.1, 0.15) is 0 Å². The summed E-state index contributed by atoms with van der Waals surface area (Å²) in [6.45, 7) is 4.52. The fourth-order valence-corrected chi connectivity index (χ4v) is 4.02. The maximum atomic E-state index is 12.8. The molecule has 1 aliphatic rings. The van der Waals surface area contributed by atoms with E-state index in [1.54, 1.807) is 23.1 Å². The summed E-state index contributed by atoms with van der Waals surface area (Å²) in [7, 11) is 0. The number of nitrogens with zero attached hydrogens (tertiary/aromatic N) is 1. The Morgan fingerprint density at radius 2 is 1.93 bits per heavy atom. The van der Waals surface area contributed by atoms with Crippen LogP contribution in [0, 0.1) is 0 Å². The van der Waals surface area contributed by atoms with Crippen LogP contribution in [0.25, 0.3) is 0 Å². The number of nitrogens with one attached hydrogen (secondary N) is 2. The van der Waals surface area contributed by atoms with Crippen LogP contribution in [0.1, 0.15) is 37.0 Å². The molecule has 1 aliphatic heterocycles. The third kappa shape index (κ3) is 5.60. The zero-order valence-corrected chi connectivity index (χ0v) is 17.4. The highest BCUT2D eigenvalue weighted by molar-refractivity contribution is 8.00. The molecule has 1 saturated heterocycles. The van der Waals surface area contributed by atoms with Crippen LogP contribution in [0.5, 0.6) is 0 Å². The Hall–Kier alpha value is -2.80. The lowest BCUT2D eigenvalue weighted by Gasteiger charge is -2.17. The molecule has 0 radical (unpaired) electrons. The second-order valence-electron chi connectivity index (χ2n) is 7.16. The smallest absolute Gasteiger partial charge is 0.256 e. The van der Waals surface area contributed by atoms with E-state index >= 15 is 0 Å². The molecule has 152 valence electrons. The number of rotatable bonds is 7. The molecule has 7 heteroatoms. The maximum Gasteiger partial charge on any atom is 0.256 e. The molecule has 2 aromatic rings. The SMILES string of the molecule is CC(C)NC(=O)CSc1ccccc1C(=O)Nc1cccc(N2CCCC2=O)c1. The van der Waals surface area contributed by atoms with Crippen molar-refractivity contribution in [2.75, 3.05) is 22.5 Å². The second-order valence-corrected chi connectivity index (χ2v) is 8.18. The van der Waals surface area contributed by atoms with Crippen molar-refractivity contribution in [1.82, 2.24) is 5.32 Å². The Bertz CT molecular complexity index is 914. The molecule has 0 spiro atoms. The third-order valence-corrected chi connectivity index (χ3v) is 5.50. The van der Waals surface area contributed by atoms with Gasteiger partial charge < -0.3 is 15.5 Å². The van der Waals surface area contributed by atoms with Gasteiger partial charge in [0.25, 0.3) is 5.91 Å². The van der Waals surface area contributed by atoms with E-state index in [2.05, 4.69) is 10.6 Å². The molecule has 0 aromatic heterocycles. The van der Waals surface area contributed by atoms with Crippen LogP contribution in [0.4, 0.5) is 11.4 Å². The molecule has 0 aliphatic carbocycles. The Morgan fingerprint density at radius 1 is 1.14 bits per heavy atom. The lowest BCUT2D eigenvalue weighted by Crippen LogP contribution is -2.31. The fraction of sp³-hybridized carbons (Fsp3) is 0.318. The van der Waals surface area contributed by atoms with E-state index < -0.39 is 0 Å². The highest BCUT2D eigenvalue weighted by Gasteiger charge is 2.22. The summed E-state index contributed by atoms with van der Waals surface area (Å²) in [6, 6.07) is 14.6. The zero-order valence-electron chi connectivity index (χ0n) is 16.6. The fourth-order valence-electron chi connectivity index (χ4n) is 3.16. The van der Waals surface area contributed by atoms with Gasteiger partial charge in [-0.15, -0.1) is 11.8 Å². The van der Waals surface area contributed by atoms with Crippen LogP contribution in [0.2, 0.25) is 0 Å². The first-order valence-corrected chi connectivity index (χ1v) is 10.7. The first kappa shape index (κ1) is 20.9. The van der Waals surface area contributed by atoms with Crippen molar-refractivity contribution >= 4 is 40.9 Å². The molecular formula is C22H25N3O3S. The van der Waals surface area contributed by atoms with Gasteiger partial charge in [-0.3, -0.25) is 14.4 Å². The van der Waals surface area contributed by atoms with Gasteiger partial charge in [-0.2, -0.15) is 0 Å². The summed E-state index contributed by atoms with van der Waals surface area (Å²) in [6.07, 6.45) is 1.41. The number of hydrogen-bond donors (Lipinski definition) is 2. The topological polar surface area (TPSA) is 78.5 Å². The highest BCUT2D eigenvalue weighted by Crippen LogP contribution is 2.26. The molecule has 2 N–H and O–H groups in total. The molecule has 3 rings (SSSR count). The predicted octanol–water partition coefficient (Wildman–Crippen LogP) is 3.68. The Balaban J connectivity index is 1.70. The van der Waals surface area contributed by atoms with E-state index in [0.29, 0.717) is 24.2 Å². The second kappa shape index (κ2) is 9.60. The molecule has 29 heavy (non-hydrogen) atoms. The number of amides is 3. The van der Waals surface area contributed by atoms with Crippen molar-refractivity contribution in [3.8, 4) is 0 Å². The third-order valence-electron chi connectivity index (χ3n) is 4.43. The van der Waals surface area contributed by atoms with Crippen molar-refractivity contribution in [2.24, 2.45) is 0 Å². The standard InChI is InChI=1S/C22H25N3O3S/c1-15(2)23-20(26)14-29-19-10-4-3-9-18(19)22(28)24-16-7-5-8-17(13-16)25-12-6-11-21(25)27/h3-5,7-10,13,15H,6,11-12,14H2,1-2H3,(H,23,26)(H,24,28). The van der Waals surface area contributed by atoms with E-state index in [-0.39, 0.29) is 29.5 Å². The number of benzene rings is 2. The number of hydrogen-bond acceptors (Lipinski definition) is 4. The van der Waals surface area contributed by atoms with E-state index in [1.165, 1.54) is 11.8 Å². The van der Waals surface area contributed by atoms with Gasteiger partial charge in [0.15, 0.2) is 0 Å². The summed E-state index contributed by atoms with van der Waals surface area (Å²) in [5.41, 5.74) is 1.93. The minimum absolute atomic E-state index is 0.0665. The average Bonchev–Trinajstić information content (AvgIpc) is 3.12. The van der Waals surface area contributed by atoms with E-state index in [0.717, 1.165) is 17.0 Å². The average molecular weight is 412 g/mol. The van der Waals surface area contributed by atoms with Gasteiger partial charge in [0.05, 0.1) is 11.3 Å². The van der Waals surface area contributed by atoms with Crippen LogP contribution >= 0.6 is 11.8 Å². The largest absolute Gasteiger partial charge is 0.353 e. The monoisotopic (exact) mass is 411 g/mol. The Kier molecular flexibility index (Phi) is 6.93. The van der Waals surface area contributed by atoms with Gasteiger partial charge >= 0.3 is 0 Å². The van der Waals surface area contributed by atoms with Crippen molar-refractivity contribution in [1.29, 1.82) is 0 Å². The van der Waals surface area contributed by atoms with Gasteiger partial charge in [0, 0.05) is 35.3 Å². The lowest BCUT2D eigenvalue weighted by atomic mass is 10.2. The van der Waals surface area contributed by atoms with Crippen LogP contribution < -0.4 is 15.5 Å². The molecule has 0 atom stereocenters. The van der Waals surface area contributed by atoms with E-state index in [1.807, 2.05) is 44.2 Å². The predicted molar refractivity (Wildman–Crippen MR) is 116 cm³/mol. The normalized spacial score (nSPS) is 13.6. The molecule has 2 aromatic carbocycles. The van der Waals surface area contributed by atoms with Crippen LogP contribution in [-0.4, -0.2) is 36.1 Å². The lowest BCUT2D eigenvalue weighted by molar-refractivity contribution is -0.119. The zero-order chi connectivity index (χ0) is 20.8. The summed E-state index contributed by atoms with van der Waals surface area (Å²) in [4.78, 5) is 39.2. The molecule has 3 amide bonds. The van der Waals surface area contributed by atoms with Gasteiger partial charge in [-0.05, 0) is 50.6 Å². The molecule has 1 heterocycles. The quantitative estimate of drug-likeness (QED) is 0.681. The molecule has 0 unspecified atom stereocenters. The number of anilines is 2. The van der Waals surface area contributed by atoms with Crippen LogP contribution in [-0.2, 0) is 9.59 Å². The summed E-state index contributed by atoms with van der Waals surface area (Å²) < 4.78 is 0. The van der Waals surface area contributed by atoms with Crippen molar-refractivity contribution in [3.05, 3.63) is 54.1 Å². The minimum atomic E-state index is -0.248. The van der Waals surface area contributed by atoms with Crippen LogP contribution in [0.3, 0.4) is 0 Å². The first-order chi connectivity index (χ1) is 13.9. The molecular weight excluding hydrogens is 386 g/mol. The van der Waals surface area contributed by atoms with Crippen molar-refractivity contribution < 1.29 is 14.4 Å². The number of carbonyl (C=O) groups excluding carboxylic acids is 3. The number of thioether (sulfide) groups is 1. The Labute approximate surface area is 175 Å². The summed E-state index contributed by atoms with van der Waals surface area (Å²) >= 11 is 1.33. The Morgan fingerprint density at radius 3 is 2.66 bits per heavy atom. The van der Waals surface area contributed by atoms with E-state index in [4.69, 9.17) is 0 Å². The molecule has 6 nitrogen and oxygen atoms in total. The van der Waals surface area contributed by atoms with Crippen molar-refractivity contribution in [2.45, 2.75) is 37.6 Å². The van der Waals surface area contributed by atoms with E-state index in [9.17, 15) is 14.4 Å². The molecule has 0 saturated carbocycles. The van der Waals surface area contributed by atoms with Crippen LogP contribution in [0.15, 0.2) is 53.4 Å². The minimum Gasteiger partial charge on any atom is -0.353 e. The van der Waals surface area contributed by atoms with Crippen molar-refractivity contribution in [3.63, 3.8) is 0 Å². The summed E-state index contributed by atoms with van der Waals surface area (Å²) in [5.74, 6) is 0.0371. The molecule has 0 bridgehead atoms. The summed E-state index contributed by atoms with van der Waals surface area (Å²) in [5, 5.41) is 5.75. The van der Waals surface area contributed by atoms with Gasteiger partial charge in [-0.25, -0.2) is 0 Å². The highest BCUT2D eigenvalue weighted by atomic mass is 32.2.